The molecule has 2 rings (SSSR count). The van der Waals surface area contributed by atoms with E-state index < -0.39 is 11.7 Å². The monoisotopic (exact) mass is 348 g/mol. The van der Waals surface area contributed by atoms with Crippen LogP contribution < -0.4 is 0 Å². The zero-order chi connectivity index (χ0) is 18.1. The second kappa shape index (κ2) is 9.65. The van der Waals surface area contributed by atoms with E-state index in [-0.39, 0.29) is 0 Å². The summed E-state index contributed by atoms with van der Waals surface area (Å²) in [6, 6.07) is 14.1. The first-order valence-electron chi connectivity index (χ1n) is 9.23. The van der Waals surface area contributed by atoms with Crippen LogP contribution in [0.3, 0.4) is 0 Å². The summed E-state index contributed by atoms with van der Waals surface area (Å²) in [5, 5.41) is 0. The van der Waals surface area contributed by atoms with Crippen LogP contribution in [-0.4, -0.2) is 0 Å². The van der Waals surface area contributed by atoms with Crippen molar-refractivity contribution in [1.82, 2.24) is 0 Å². The van der Waals surface area contributed by atoms with Gasteiger partial charge in [-0.15, -0.1) is 0 Å². The van der Waals surface area contributed by atoms with Crippen LogP contribution in [0.4, 0.5) is 13.2 Å². The first kappa shape index (κ1) is 19.6. The third-order valence-electron chi connectivity index (χ3n) is 4.58. The first-order chi connectivity index (χ1) is 12.0. The largest absolute Gasteiger partial charge is 0.416 e. The van der Waals surface area contributed by atoms with Crippen LogP contribution in [-0.2, 0) is 25.4 Å². The molecule has 136 valence electrons. The van der Waals surface area contributed by atoms with E-state index in [0.29, 0.717) is 0 Å². The van der Waals surface area contributed by atoms with Crippen molar-refractivity contribution >= 4 is 0 Å². The van der Waals surface area contributed by atoms with Crippen LogP contribution in [0.1, 0.15) is 61.3 Å². The molecule has 0 radical (unpaired) electrons. The molecule has 0 saturated carbocycles. The van der Waals surface area contributed by atoms with E-state index in [9.17, 15) is 13.2 Å². The lowest BCUT2D eigenvalue weighted by atomic mass is 10.0. The van der Waals surface area contributed by atoms with Crippen molar-refractivity contribution in [3.63, 3.8) is 0 Å². The van der Waals surface area contributed by atoms with Crippen LogP contribution >= 0.6 is 0 Å². The van der Waals surface area contributed by atoms with Crippen molar-refractivity contribution in [3.05, 3.63) is 70.8 Å². The average molecular weight is 348 g/mol. The van der Waals surface area contributed by atoms with Crippen molar-refractivity contribution in [2.24, 2.45) is 0 Å². The summed E-state index contributed by atoms with van der Waals surface area (Å²) < 4.78 is 37.7. The van der Waals surface area contributed by atoms with E-state index in [1.54, 1.807) is 12.1 Å². The molecule has 0 N–H and O–H groups in total. The zero-order valence-electron chi connectivity index (χ0n) is 14.9. The Bertz CT molecular complexity index is 609. The van der Waals surface area contributed by atoms with Crippen molar-refractivity contribution in [1.29, 1.82) is 0 Å². The van der Waals surface area contributed by atoms with Crippen LogP contribution in [0.25, 0.3) is 0 Å². The number of rotatable bonds is 9. The molecule has 0 saturated heterocycles. The minimum Gasteiger partial charge on any atom is -0.166 e. The Morgan fingerprint density at radius 3 is 1.52 bits per heavy atom. The van der Waals surface area contributed by atoms with Gasteiger partial charge in [-0.05, 0) is 54.5 Å². The molecule has 0 nitrogen and oxygen atoms in total. The first-order valence-corrected chi connectivity index (χ1v) is 9.23. The Hall–Kier alpha value is -1.77. The van der Waals surface area contributed by atoms with Gasteiger partial charge in [-0.1, -0.05) is 69.0 Å². The van der Waals surface area contributed by atoms with Gasteiger partial charge in [-0.3, -0.25) is 0 Å². The fraction of sp³-hybridized carbons (Fsp3) is 0.455. The summed E-state index contributed by atoms with van der Waals surface area (Å²) in [5.41, 5.74) is 2.96. The number of aryl methyl sites for hydroxylation is 3. The molecular weight excluding hydrogens is 321 g/mol. The van der Waals surface area contributed by atoms with E-state index >= 15 is 0 Å². The third-order valence-corrected chi connectivity index (χ3v) is 4.58. The minimum absolute atomic E-state index is 0.584. The zero-order valence-corrected chi connectivity index (χ0v) is 14.9. The van der Waals surface area contributed by atoms with Gasteiger partial charge in [-0.2, -0.15) is 13.2 Å². The van der Waals surface area contributed by atoms with Crippen molar-refractivity contribution in [2.75, 3.05) is 0 Å². The lowest BCUT2D eigenvalue weighted by molar-refractivity contribution is -0.137. The molecule has 2 aromatic carbocycles. The number of hydrogen-bond donors (Lipinski definition) is 0. The number of unbranched alkanes of at least 4 members (excludes halogenated alkanes) is 4. The van der Waals surface area contributed by atoms with Crippen LogP contribution in [0.15, 0.2) is 48.5 Å². The maximum atomic E-state index is 12.6. The quantitative estimate of drug-likeness (QED) is 0.428. The second-order valence-electron chi connectivity index (χ2n) is 6.68. The summed E-state index contributed by atoms with van der Waals surface area (Å²) in [4.78, 5) is 0. The van der Waals surface area contributed by atoms with Crippen LogP contribution in [0, 0.1) is 0 Å². The third kappa shape index (κ3) is 6.93. The van der Waals surface area contributed by atoms with Gasteiger partial charge >= 0.3 is 6.18 Å². The molecule has 0 aliphatic rings. The van der Waals surface area contributed by atoms with Gasteiger partial charge in [0.15, 0.2) is 0 Å². The molecule has 0 heterocycles. The summed E-state index contributed by atoms with van der Waals surface area (Å²) >= 11 is 0. The van der Waals surface area contributed by atoms with Gasteiger partial charge in [0.1, 0.15) is 0 Å². The summed E-state index contributed by atoms with van der Waals surface area (Å²) in [7, 11) is 0. The maximum absolute atomic E-state index is 12.6. The van der Waals surface area contributed by atoms with E-state index in [1.165, 1.54) is 43.2 Å². The Morgan fingerprint density at radius 1 is 0.600 bits per heavy atom. The molecule has 0 aliphatic carbocycles. The molecule has 0 aromatic heterocycles. The van der Waals surface area contributed by atoms with Crippen LogP contribution in [0.5, 0.6) is 0 Å². The van der Waals surface area contributed by atoms with Gasteiger partial charge in [0.05, 0.1) is 5.56 Å². The number of alkyl halides is 3. The minimum atomic E-state index is -4.26. The van der Waals surface area contributed by atoms with Crippen molar-refractivity contribution in [3.8, 4) is 0 Å². The predicted molar refractivity (Wildman–Crippen MR) is 97.8 cm³/mol. The van der Waals surface area contributed by atoms with Gasteiger partial charge in [-0.25, -0.2) is 0 Å². The molecule has 0 atom stereocenters. The number of hydrogen-bond acceptors (Lipinski definition) is 0. The van der Waals surface area contributed by atoms with Gasteiger partial charge in [0, 0.05) is 0 Å². The standard InChI is InChI=1S/C22H27F3/c1-2-3-4-5-6-7-18-8-10-19(11-9-18)12-13-20-14-16-21(17-15-20)22(23,24)25/h8-11,14-17H,2-7,12-13H2,1H3. The van der Waals surface area contributed by atoms with E-state index in [0.717, 1.165) is 37.0 Å². The fourth-order valence-electron chi connectivity index (χ4n) is 2.95. The Labute approximate surface area is 149 Å². The summed E-state index contributed by atoms with van der Waals surface area (Å²) in [6.07, 6.45) is 4.93. The molecule has 0 amide bonds. The molecule has 0 spiro atoms. The lowest BCUT2D eigenvalue weighted by Crippen LogP contribution is -2.04. The fourth-order valence-corrected chi connectivity index (χ4v) is 2.95. The molecule has 0 bridgehead atoms. The second-order valence-corrected chi connectivity index (χ2v) is 6.68. The van der Waals surface area contributed by atoms with E-state index in [1.807, 2.05) is 0 Å². The molecule has 3 heteroatoms. The summed E-state index contributed by atoms with van der Waals surface area (Å²) in [5.74, 6) is 0. The molecule has 0 aliphatic heterocycles. The topological polar surface area (TPSA) is 0 Å². The highest BCUT2D eigenvalue weighted by atomic mass is 19.4. The highest BCUT2D eigenvalue weighted by molar-refractivity contribution is 5.27. The molecule has 2 aromatic rings. The smallest absolute Gasteiger partial charge is 0.166 e. The van der Waals surface area contributed by atoms with E-state index in [2.05, 4.69) is 31.2 Å². The lowest BCUT2D eigenvalue weighted by Gasteiger charge is -2.08. The average Bonchev–Trinajstić information content (AvgIpc) is 2.60. The van der Waals surface area contributed by atoms with Crippen molar-refractivity contribution < 1.29 is 13.2 Å². The van der Waals surface area contributed by atoms with Gasteiger partial charge in [0.2, 0.25) is 0 Å². The Kier molecular flexibility index (Phi) is 7.54. The van der Waals surface area contributed by atoms with Crippen LogP contribution in [0.2, 0.25) is 0 Å². The van der Waals surface area contributed by atoms with Crippen molar-refractivity contribution in [2.45, 2.75) is 64.5 Å². The highest BCUT2D eigenvalue weighted by Crippen LogP contribution is 2.29. The van der Waals surface area contributed by atoms with E-state index in [4.69, 9.17) is 0 Å². The highest BCUT2D eigenvalue weighted by Gasteiger charge is 2.29. The molecule has 25 heavy (non-hydrogen) atoms. The maximum Gasteiger partial charge on any atom is 0.416 e. The molecular formula is C22H27F3. The number of benzene rings is 2. The SMILES string of the molecule is CCCCCCCc1ccc(CCc2ccc(C(F)(F)F)cc2)cc1. The van der Waals surface area contributed by atoms with Gasteiger partial charge in [0.25, 0.3) is 0 Å². The Balaban J connectivity index is 1.77. The molecule has 0 fully saturated rings. The normalized spacial score (nSPS) is 11.7. The number of halogens is 3. The predicted octanol–water partition coefficient (Wildman–Crippen LogP) is 7.00. The Morgan fingerprint density at radius 2 is 1.04 bits per heavy atom. The molecule has 0 unspecified atom stereocenters. The summed E-state index contributed by atoms with van der Waals surface area (Å²) in [6.45, 7) is 2.23. The van der Waals surface area contributed by atoms with Gasteiger partial charge < -0.3 is 0 Å².